The van der Waals surface area contributed by atoms with Gasteiger partial charge in [0.2, 0.25) is 5.95 Å². The molecule has 0 amide bonds. The molecule has 12 rings (SSSR count). The molecule has 7 nitrogen and oxygen atoms in total. The fourth-order valence-corrected chi connectivity index (χ4v) is 8.27. The zero-order valence-electron chi connectivity index (χ0n) is 29.8. The first kappa shape index (κ1) is 30.7. The lowest BCUT2D eigenvalue weighted by Gasteiger charge is -2.38. The number of para-hydroxylation sites is 4. The molecular formula is C49H29N5O2. The molecule has 2 aliphatic heterocycles. The highest BCUT2D eigenvalue weighted by atomic mass is 16.5. The number of rotatable bonds is 4. The number of anilines is 3. The Morgan fingerprint density at radius 3 is 1.62 bits per heavy atom. The molecular weight excluding hydrogens is 691 g/mol. The SMILES string of the molecule is c1ccc(-c2nc(-c3ccccc3)nc(-n3c4ccc(-c5cc6c7c(c5)Oc5ccccc5N7c5ccccc5O6)cc4c4c5ccccc5ccc43)n2)cc1. The third-order valence-corrected chi connectivity index (χ3v) is 10.8. The van der Waals surface area contributed by atoms with E-state index in [9.17, 15) is 0 Å². The molecule has 4 heterocycles. The van der Waals surface area contributed by atoms with Crippen LogP contribution in [0.3, 0.4) is 0 Å². The first-order chi connectivity index (χ1) is 27.7. The van der Waals surface area contributed by atoms with Crippen molar-refractivity contribution in [1.82, 2.24) is 19.5 Å². The molecule has 2 aliphatic rings. The molecule has 0 unspecified atom stereocenters. The van der Waals surface area contributed by atoms with Crippen LogP contribution in [0.2, 0.25) is 0 Å². The second-order valence-electron chi connectivity index (χ2n) is 14.1. The van der Waals surface area contributed by atoms with Gasteiger partial charge in [-0.25, -0.2) is 4.98 Å². The van der Waals surface area contributed by atoms with Gasteiger partial charge < -0.3 is 9.47 Å². The molecule has 10 aromatic rings. The summed E-state index contributed by atoms with van der Waals surface area (Å²) in [5.74, 6) is 4.86. The molecule has 0 radical (unpaired) electrons. The molecule has 0 N–H and O–H groups in total. The van der Waals surface area contributed by atoms with Crippen LogP contribution in [0, 0.1) is 0 Å². The van der Waals surface area contributed by atoms with Crippen molar-refractivity contribution in [2.75, 3.05) is 4.90 Å². The number of hydrogen-bond donors (Lipinski definition) is 0. The van der Waals surface area contributed by atoms with Gasteiger partial charge in [-0.3, -0.25) is 9.47 Å². The molecule has 0 aliphatic carbocycles. The Kier molecular flexibility index (Phi) is 6.50. The van der Waals surface area contributed by atoms with Crippen LogP contribution in [0.15, 0.2) is 176 Å². The van der Waals surface area contributed by atoms with Gasteiger partial charge in [0.05, 0.1) is 22.4 Å². The van der Waals surface area contributed by atoms with E-state index >= 15 is 0 Å². The van der Waals surface area contributed by atoms with E-state index < -0.39 is 0 Å². The average Bonchev–Trinajstić information content (AvgIpc) is 3.61. The second kappa shape index (κ2) is 11.9. The van der Waals surface area contributed by atoms with Crippen LogP contribution in [0.4, 0.5) is 17.1 Å². The van der Waals surface area contributed by atoms with E-state index in [-0.39, 0.29) is 0 Å². The van der Waals surface area contributed by atoms with Crippen LogP contribution >= 0.6 is 0 Å². The molecule has 2 aromatic heterocycles. The summed E-state index contributed by atoms with van der Waals surface area (Å²) in [6.07, 6.45) is 0. The van der Waals surface area contributed by atoms with Gasteiger partial charge in [-0.05, 0) is 76.5 Å². The summed E-state index contributed by atoms with van der Waals surface area (Å²) in [6.45, 7) is 0. The second-order valence-corrected chi connectivity index (χ2v) is 14.1. The molecule has 0 spiro atoms. The van der Waals surface area contributed by atoms with Crippen molar-refractivity contribution in [2.24, 2.45) is 0 Å². The van der Waals surface area contributed by atoms with Gasteiger partial charge in [0.15, 0.2) is 34.6 Å². The van der Waals surface area contributed by atoms with Crippen LogP contribution in [0.5, 0.6) is 23.0 Å². The zero-order valence-corrected chi connectivity index (χ0v) is 29.8. The van der Waals surface area contributed by atoms with Gasteiger partial charge in [-0.1, -0.05) is 121 Å². The summed E-state index contributed by atoms with van der Waals surface area (Å²) >= 11 is 0. The lowest BCUT2D eigenvalue weighted by molar-refractivity contribution is 0.446. The van der Waals surface area contributed by atoms with Crippen molar-refractivity contribution >= 4 is 49.6 Å². The summed E-state index contributed by atoms with van der Waals surface area (Å²) in [7, 11) is 0. The Morgan fingerprint density at radius 1 is 0.393 bits per heavy atom. The van der Waals surface area contributed by atoms with E-state index in [1.807, 2.05) is 97.1 Å². The Hall–Kier alpha value is -7.77. The standard InChI is InChI=1S/C49H29N5O2/c1-3-14-31(15-4-1)47-50-48(32-16-5-2-6-17-32)52-49(51-47)54-37-25-24-33(27-36(37)45-35-18-8-7-13-30(35)23-26-40(45)54)34-28-43-46-44(29-34)56-42-22-12-10-20-39(42)53(46)38-19-9-11-21-41(38)55-43/h1-29H. The van der Waals surface area contributed by atoms with Crippen LogP contribution in [-0.4, -0.2) is 19.5 Å². The molecule has 0 bridgehead atoms. The summed E-state index contributed by atoms with van der Waals surface area (Å²) < 4.78 is 15.4. The zero-order chi connectivity index (χ0) is 36.7. The predicted octanol–water partition coefficient (Wildman–Crippen LogP) is 12.8. The van der Waals surface area contributed by atoms with E-state index in [1.54, 1.807) is 0 Å². The first-order valence-electron chi connectivity index (χ1n) is 18.6. The van der Waals surface area contributed by atoms with Gasteiger partial charge in [0, 0.05) is 21.9 Å². The Labute approximate surface area is 321 Å². The highest BCUT2D eigenvalue weighted by molar-refractivity contribution is 6.21. The number of benzene rings is 8. The van der Waals surface area contributed by atoms with E-state index in [1.165, 1.54) is 0 Å². The largest absolute Gasteiger partial charge is 0.453 e. The van der Waals surface area contributed by atoms with Crippen LogP contribution < -0.4 is 14.4 Å². The third-order valence-electron chi connectivity index (χ3n) is 10.8. The summed E-state index contributed by atoms with van der Waals surface area (Å²) in [5.41, 5.74) is 8.72. The average molecular weight is 720 g/mol. The summed E-state index contributed by atoms with van der Waals surface area (Å²) in [5, 5.41) is 4.53. The number of fused-ring (bicyclic) bond motifs is 9. The lowest BCUT2D eigenvalue weighted by Crippen LogP contribution is -2.20. The van der Waals surface area contributed by atoms with Crippen molar-refractivity contribution in [1.29, 1.82) is 0 Å². The molecule has 262 valence electrons. The lowest BCUT2D eigenvalue weighted by atomic mass is 9.98. The topological polar surface area (TPSA) is 65.3 Å². The van der Waals surface area contributed by atoms with Gasteiger partial charge in [-0.2, -0.15) is 9.97 Å². The van der Waals surface area contributed by atoms with Crippen molar-refractivity contribution in [3.63, 3.8) is 0 Å². The minimum absolute atomic E-state index is 0.554. The monoisotopic (exact) mass is 719 g/mol. The smallest absolute Gasteiger partial charge is 0.238 e. The highest BCUT2D eigenvalue weighted by Crippen LogP contribution is 2.60. The van der Waals surface area contributed by atoms with Gasteiger partial charge in [0.25, 0.3) is 0 Å². The summed E-state index contributed by atoms with van der Waals surface area (Å²) in [6, 6.07) is 60.3. The number of nitrogens with zero attached hydrogens (tertiary/aromatic N) is 5. The maximum absolute atomic E-state index is 6.63. The molecule has 0 saturated heterocycles. The molecule has 7 heteroatoms. The quantitative estimate of drug-likeness (QED) is 0.180. The van der Waals surface area contributed by atoms with Crippen LogP contribution in [0.25, 0.3) is 72.4 Å². The van der Waals surface area contributed by atoms with Gasteiger partial charge in [-0.15, -0.1) is 0 Å². The number of hydrogen-bond acceptors (Lipinski definition) is 6. The predicted molar refractivity (Wildman–Crippen MR) is 223 cm³/mol. The maximum Gasteiger partial charge on any atom is 0.238 e. The molecule has 0 saturated carbocycles. The normalized spacial score (nSPS) is 12.5. The Bertz CT molecular complexity index is 3080. The third kappa shape index (κ3) is 4.61. The minimum Gasteiger partial charge on any atom is -0.453 e. The fourth-order valence-electron chi connectivity index (χ4n) is 8.27. The van der Waals surface area contributed by atoms with E-state index in [0.29, 0.717) is 17.6 Å². The van der Waals surface area contributed by atoms with E-state index in [0.717, 1.165) is 94.9 Å². The fraction of sp³-hybridized carbons (Fsp3) is 0. The van der Waals surface area contributed by atoms with Crippen molar-refractivity contribution in [3.8, 4) is 62.8 Å². The highest BCUT2D eigenvalue weighted by Gasteiger charge is 2.35. The Morgan fingerprint density at radius 2 is 0.964 bits per heavy atom. The number of aromatic nitrogens is 4. The van der Waals surface area contributed by atoms with Crippen molar-refractivity contribution in [2.45, 2.75) is 0 Å². The Balaban J connectivity index is 1.10. The van der Waals surface area contributed by atoms with E-state index in [4.69, 9.17) is 24.4 Å². The van der Waals surface area contributed by atoms with Gasteiger partial charge in [0.1, 0.15) is 5.69 Å². The summed E-state index contributed by atoms with van der Waals surface area (Å²) in [4.78, 5) is 17.5. The first-order valence-corrected chi connectivity index (χ1v) is 18.6. The molecule has 0 atom stereocenters. The maximum atomic E-state index is 6.63. The van der Waals surface area contributed by atoms with Crippen molar-refractivity contribution in [3.05, 3.63) is 176 Å². The van der Waals surface area contributed by atoms with Gasteiger partial charge >= 0.3 is 0 Å². The number of ether oxygens (including phenoxy) is 2. The van der Waals surface area contributed by atoms with Crippen LogP contribution in [0.1, 0.15) is 0 Å². The molecule has 0 fully saturated rings. The van der Waals surface area contributed by atoms with Crippen molar-refractivity contribution < 1.29 is 9.47 Å². The van der Waals surface area contributed by atoms with E-state index in [2.05, 4.69) is 88.3 Å². The molecule has 8 aromatic carbocycles. The van der Waals surface area contributed by atoms with Crippen LogP contribution in [-0.2, 0) is 0 Å². The molecule has 56 heavy (non-hydrogen) atoms. The minimum atomic E-state index is 0.554.